The summed E-state index contributed by atoms with van der Waals surface area (Å²) in [6, 6.07) is 1.85. The van der Waals surface area contributed by atoms with Crippen LogP contribution in [0, 0.1) is 0 Å². The van der Waals surface area contributed by atoms with Crippen LogP contribution in [-0.4, -0.2) is 11.8 Å². The summed E-state index contributed by atoms with van der Waals surface area (Å²) in [5, 5.41) is 3.80. The molecule has 1 rings (SSSR count). The van der Waals surface area contributed by atoms with Gasteiger partial charge in [-0.1, -0.05) is 44.2 Å². The van der Waals surface area contributed by atoms with E-state index in [1.54, 1.807) is 0 Å². The van der Waals surface area contributed by atoms with Crippen LogP contribution in [0.25, 0.3) is 0 Å². The average molecular weight is 240 g/mol. The maximum atomic E-state index is 5.51. The first kappa shape index (κ1) is 14.2. The first-order chi connectivity index (χ1) is 8.36. The maximum Gasteiger partial charge on any atom is 0.162 e. The second kappa shape index (κ2) is 9.19. The van der Waals surface area contributed by atoms with Gasteiger partial charge in [0.25, 0.3) is 0 Å². The minimum atomic E-state index is 0.418. The molecule has 4 heteroatoms. The zero-order valence-corrected chi connectivity index (χ0v) is 10.8. The largest absolute Gasteiger partial charge is 0.373 e. The second-order valence-electron chi connectivity index (χ2n) is 4.31. The molecule has 0 saturated heterocycles. The van der Waals surface area contributed by atoms with Crippen molar-refractivity contribution in [3.8, 4) is 0 Å². The number of hydrogen-bond donors (Lipinski definition) is 1. The van der Waals surface area contributed by atoms with Gasteiger partial charge < -0.3 is 15.0 Å². The Balaban J connectivity index is 1.93. The van der Waals surface area contributed by atoms with Crippen molar-refractivity contribution in [2.24, 2.45) is 5.73 Å². The van der Waals surface area contributed by atoms with E-state index < -0.39 is 0 Å². The van der Waals surface area contributed by atoms with E-state index >= 15 is 0 Å². The first-order valence-corrected chi connectivity index (χ1v) is 6.59. The third-order valence-electron chi connectivity index (χ3n) is 2.70. The van der Waals surface area contributed by atoms with Gasteiger partial charge in [0, 0.05) is 19.2 Å². The topological polar surface area (TPSA) is 61.3 Å². The zero-order chi connectivity index (χ0) is 12.3. The highest BCUT2D eigenvalue weighted by Gasteiger charge is 2.02. The molecular weight excluding hydrogens is 216 g/mol. The van der Waals surface area contributed by atoms with Crippen LogP contribution >= 0.6 is 0 Å². The molecule has 17 heavy (non-hydrogen) atoms. The molecule has 1 heterocycles. The van der Waals surface area contributed by atoms with Crippen molar-refractivity contribution >= 4 is 0 Å². The fraction of sp³-hybridized carbons (Fsp3) is 0.769. The summed E-state index contributed by atoms with van der Waals surface area (Å²) in [6.45, 7) is 3.95. The third-order valence-corrected chi connectivity index (χ3v) is 2.70. The van der Waals surface area contributed by atoms with Crippen LogP contribution < -0.4 is 5.73 Å². The predicted octanol–water partition coefficient (Wildman–Crippen LogP) is 3.01. The standard InChI is InChI=1S/C13H24N2O2/c1-2-3-4-5-6-7-8-16-11-13-9-12(10-14)15-17-13/h9H,2-8,10-11,14H2,1H3. The van der Waals surface area contributed by atoms with Crippen molar-refractivity contribution in [3.05, 3.63) is 17.5 Å². The van der Waals surface area contributed by atoms with Crippen LogP contribution in [0.3, 0.4) is 0 Å². The van der Waals surface area contributed by atoms with Crippen LogP contribution in [0.4, 0.5) is 0 Å². The van der Waals surface area contributed by atoms with E-state index in [0.29, 0.717) is 13.2 Å². The molecule has 0 aliphatic heterocycles. The second-order valence-corrected chi connectivity index (χ2v) is 4.31. The molecule has 1 aromatic heterocycles. The van der Waals surface area contributed by atoms with Crippen LogP contribution in [-0.2, 0) is 17.9 Å². The molecule has 0 aliphatic rings. The molecule has 98 valence electrons. The Hall–Kier alpha value is -0.870. The summed E-state index contributed by atoms with van der Waals surface area (Å²) in [7, 11) is 0. The minimum absolute atomic E-state index is 0.418. The van der Waals surface area contributed by atoms with Gasteiger partial charge in [-0.05, 0) is 6.42 Å². The number of unbranched alkanes of at least 4 members (excludes halogenated alkanes) is 5. The van der Waals surface area contributed by atoms with Crippen molar-refractivity contribution in [1.29, 1.82) is 0 Å². The van der Waals surface area contributed by atoms with E-state index in [4.69, 9.17) is 15.0 Å². The smallest absolute Gasteiger partial charge is 0.162 e. The van der Waals surface area contributed by atoms with Gasteiger partial charge in [-0.25, -0.2) is 0 Å². The van der Waals surface area contributed by atoms with E-state index in [0.717, 1.165) is 24.5 Å². The van der Waals surface area contributed by atoms with Gasteiger partial charge in [0.15, 0.2) is 5.76 Å². The summed E-state index contributed by atoms with van der Waals surface area (Å²) < 4.78 is 10.6. The summed E-state index contributed by atoms with van der Waals surface area (Å²) in [5.74, 6) is 0.761. The summed E-state index contributed by atoms with van der Waals surface area (Å²) in [5.41, 5.74) is 6.21. The monoisotopic (exact) mass is 240 g/mol. The Kier molecular flexibility index (Phi) is 7.67. The van der Waals surface area contributed by atoms with Crippen molar-refractivity contribution in [3.63, 3.8) is 0 Å². The Bertz CT molecular complexity index is 287. The van der Waals surface area contributed by atoms with Crippen molar-refractivity contribution < 1.29 is 9.26 Å². The van der Waals surface area contributed by atoms with Crippen molar-refractivity contribution in [2.45, 2.75) is 58.6 Å². The molecule has 0 atom stereocenters. The lowest BCUT2D eigenvalue weighted by molar-refractivity contribution is 0.0975. The number of aromatic nitrogens is 1. The molecule has 0 amide bonds. The number of nitrogens with zero attached hydrogens (tertiary/aromatic N) is 1. The molecule has 4 nitrogen and oxygen atoms in total. The number of nitrogens with two attached hydrogens (primary N) is 1. The lowest BCUT2D eigenvalue weighted by Gasteiger charge is -2.01. The van der Waals surface area contributed by atoms with Crippen LogP contribution in [0.1, 0.15) is 56.9 Å². The molecule has 0 aliphatic carbocycles. The Morgan fingerprint density at radius 3 is 2.71 bits per heavy atom. The van der Waals surface area contributed by atoms with Crippen molar-refractivity contribution in [1.82, 2.24) is 5.16 Å². The molecule has 0 saturated carbocycles. The van der Waals surface area contributed by atoms with Gasteiger partial charge >= 0.3 is 0 Å². The Morgan fingerprint density at radius 2 is 2.00 bits per heavy atom. The predicted molar refractivity (Wildman–Crippen MR) is 67.4 cm³/mol. The summed E-state index contributed by atoms with van der Waals surface area (Å²) in [4.78, 5) is 0. The molecule has 0 aromatic carbocycles. The highest BCUT2D eigenvalue weighted by atomic mass is 16.5. The first-order valence-electron chi connectivity index (χ1n) is 6.59. The van der Waals surface area contributed by atoms with Gasteiger partial charge in [0.2, 0.25) is 0 Å². The number of hydrogen-bond acceptors (Lipinski definition) is 4. The normalized spacial score (nSPS) is 10.9. The van der Waals surface area contributed by atoms with E-state index in [2.05, 4.69) is 12.1 Å². The van der Waals surface area contributed by atoms with Gasteiger partial charge in [0.05, 0.1) is 5.69 Å². The molecule has 0 unspecified atom stereocenters. The third kappa shape index (κ3) is 6.44. The molecule has 1 aromatic rings. The zero-order valence-electron chi connectivity index (χ0n) is 10.8. The van der Waals surface area contributed by atoms with Crippen LogP contribution in [0.2, 0.25) is 0 Å². The highest BCUT2D eigenvalue weighted by molar-refractivity contribution is 5.03. The SMILES string of the molecule is CCCCCCCCOCc1cc(CN)no1. The highest BCUT2D eigenvalue weighted by Crippen LogP contribution is 2.07. The molecule has 0 spiro atoms. The average Bonchev–Trinajstić information content (AvgIpc) is 2.80. The molecule has 0 radical (unpaired) electrons. The van der Waals surface area contributed by atoms with Gasteiger partial charge in [-0.3, -0.25) is 0 Å². The summed E-state index contributed by atoms with van der Waals surface area (Å²) >= 11 is 0. The Morgan fingerprint density at radius 1 is 1.24 bits per heavy atom. The Labute approximate surface area is 103 Å². The van der Waals surface area contributed by atoms with E-state index in [1.165, 1.54) is 32.1 Å². The quantitative estimate of drug-likeness (QED) is 0.639. The van der Waals surface area contributed by atoms with Crippen LogP contribution in [0.5, 0.6) is 0 Å². The number of ether oxygens (including phenoxy) is 1. The fourth-order valence-corrected chi connectivity index (χ4v) is 1.68. The molecule has 0 bridgehead atoms. The van der Waals surface area contributed by atoms with Gasteiger partial charge in [0.1, 0.15) is 6.61 Å². The van der Waals surface area contributed by atoms with E-state index in [1.807, 2.05) is 6.07 Å². The van der Waals surface area contributed by atoms with Gasteiger partial charge in [-0.15, -0.1) is 0 Å². The maximum absolute atomic E-state index is 5.51. The van der Waals surface area contributed by atoms with E-state index in [-0.39, 0.29) is 0 Å². The van der Waals surface area contributed by atoms with E-state index in [9.17, 15) is 0 Å². The lowest BCUT2D eigenvalue weighted by atomic mass is 10.1. The molecule has 0 fully saturated rings. The number of rotatable bonds is 10. The van der Waals surface area contributed by atoms with Crippen molar-refractivity contribution in [2.75, 3.05) is 6.61 Å². The molecular formula is C13H24N2O2. The van der Waals surface area contributed by atoms with Crippen LogP contribution in [0.15, 0.2) is 10.6 Å². The fourth-order valence-electron chi connectivity index (χ4n) is 1.68. The minimum Gasteiger partial charge on any atom is -0.373 e. The summed E-state index contributed by atoms with van der Waals surface area (Å²) in [6.07, 6.45) is 7.69. The lowest BCUT2D eigenvalue weighted by Crippen LogP contribution is -1.96. The van der Waals surface area contributed by atoms with Gasteiger partial charge in [-0.2, -0.15) is 0 Å². The molecule has 2 N–H and O–H groups in total.